The first-order valence-corrected chi connectivity index (χ1v) is 10.7. The topological polar surface area (TPSA) is 66.5 Å². The van der Waals surface area contributed by atoms with Gasteiger partial charge >= 0.3 is 0 Å². The van der Waals surface area contributed by atoms with E-state index in [1.165, 1.54) is 5.56 Å². The second kappa shape index (κ2) is 8.49. The van der Waals surface area contributed by atoms with Gasteiger partial charge in [0.1, 0.15) is 0 Å². The maximum atomic E-state index is 12.7. The van der Waals surface area contributed by atoms with Crippen LogP contribution >= 0.6 is 0 Å². The number of nitrogens with one attached hydrogen (secondary N) is 1. The molecule has 3 aromatic rings. The van der Waals surface area contributed by atoms with Gasteiger partial charge in [-0.05, 0) is 55.8 Å². The molecule has 0 unspecified atom stereocenters. The van der Waals surface area contributed by atoms with Crippen LogP contribution in [0.5, 0.6) is 0 Å². The quantitative estimate of drug-likeness (QED) is 0.658. The Morgan fingerprint density at radius 1 is 0.828 bits per heavy atom. The Kier molecular flexibility index (Phi) is 6.03. The molecular weight excluding hydrogens is 384 g/mol. The lowest BCUT2D eigenvalue weighted by Gasteiger charge is -2.18. The van der Waals surface area contributed by atoms with Crippen LogP contribution in [0.2, 0.25) is 0 Å². The zero-order valence-electron chi connectivity index (χ0n) is 16.7. The van der Waals surface area contributed by atoms with Gasteiger partial charge in [0, 0.05) is 24.8 Å². The molecule has 0 aliphatic rings. The molecule has 1 N–H and O–H groups in total. The highest BCUT2D eigenvalue weighted by Gasteiger charge is 2.15. The lowest BCUT2D eigenvalue weighted by atomic mass is 10.1. The van der Waals surface area contributed by atoms with Crippen molar-refractivity contribution in [2.75, 3.05) is 11.8 Å². The molecule has 3 rings (SSSR count). The fourth-order valence-corrected chi connectivity index (χ4v) is 3.93. The Labute approximate surface area is 172 Å². The van der Waals surface area contributed by atoms with E-state index < -0.39 is 10.0 Å². The van der Waals surface area contributed by atoms with E-state index in [4.69, 9.17) is 0 Å². The molecule has 5 nitrogen and oxygen atoms in total. The standard InChI is InChI=1S/C23H24N2O3S/c1-17-4-8-19(9-5-17)16-25(3)23(26)20-10-12-21(13-11-20)24-29(27,28)22-14-6-18(2)7-15-22/h4-15,24H,16H2,1-3H3. The van der Waals surface area contributed by atoms with Crippen molar-refractivity contribution < 1.29 is 13.2 Å². The molecule has 0 fully saturated rings. The molecule has 0 bridgehead atoms. The molecule has 6 heteroatoms. The van der Waals surface area contributed by atoms with Gasteiger partial charge in [-0.25, -0.2) is 8.42 Å². The molecule has 0 heterocycles. The summed E-state index contributed by atoms with van der Waals surface area (Å²) in [7, 11) is -1.92. The number of amides is 1. The summed E-state index contributed by atoms with van der Waals surface area (Å²) in [5, 5.41) is 0. The number of carbonyl (C=O) groups excluding carboxylic acids is 1. The largest absolute Gasteiger partial charge is 0.337 e. The molecule has 0 saturated carbocycles. The summed E-state index contributed by atoms with van der Waals surface area (Å²) in [5.74, 6) is -0.126. The number of nitrogens with zero attached hydrogens (tertiary/aromatic N) is 1. The van der Waals surface area contributed by atoms with Gasteiger partial charge in [-0.1, -0.05) is 47.5 Å². The molecule has 0 aliphatic carbocycles. The smallest absolute Gasteiger partial charge is 0.261 e. The lowest BCUT2D eigenvalue weighted by Crippen LogP contribution is -2.26. The van der Waals surface area contributed by atoms with Crippen LogP contribution in [0.15, 0.2) is 77.7 Å². The van der Waals surface area contributed by atoms with Crippen LogP contribution < -0.4 is 4.72 Å². The van der Waals surface area contributed by atoms with E-state index >= 15 is 0 Å². The average Bonchev–Trinajstić information content (AvgIpc) is 2.70. The number of rotatable bonds is 6. The Bertz CT molecular complexity index is 1090. The van der Waals surface area contributed by atoms with E-state index in [0.29, 0.717) is 17.8 Å². The zero-order valence-corrected chi connectivity index (χ0v) is 17.5. The third kappa shape index (κ3) is 5.23. The zero-order chi connectivity index (χ0) is 21.0. The highest BCUT2D eigenvalue weighted by atomic mass is 32.2. The minimum absolute atomic E-state index is 0.126. The first kappa shape index (κ1) is 20.6. The Morgan fingerprint density at radius 2 is 1.34 bits per heavy atom. The number of sulfonamides is 1. The molecule has 3 aromatic carbocycles. The summed E-state index contributed by atoms with van der Waals surface area (Å²) in [6.45, 7) is 4.42. The summed E-state index contributed by atoms with van der Waals surface area (Å²) in [5.41, 5.74) is 4.11. The van der Waals surface area contributed by atoms with Crippen LogP contribution in [0.3, 0.4) is 0 Å². The maximum absolute atomic E-state index is 12.7. The average molecular weight is 409 g/mol. The van der Waals surface area contributed by atoms with Gasteiger partial charge in [0.25, 0.3) is 15.9 Å². The summed E-state index contributed by atoms with van der Waals surface area (Å²) in [6, 6.07) is 21.1. The van der Waals surface area contributed by atoms with E-state index in [-0.39, 0.29) is 10.8 Å². The highest BCUT2D eigenvalue weighted by molar-refractivity contribution is 7.92. The van der Waals surface area contributed by atoms with Gasteiger partial charge in [-0.2, -0.15) is 0 Å². The molecule has 0 aromatic heterocycles. The number of hydrogen-bond donors (Lipinski definition) is 1. The van der Waals surface area contributed by atoms with Crippen molar-refractivity contribution in [2.45, 2.75) is 25.3 Å². The second-order valence-electron chi connectivity index (χ2n) is 7.14. The normalized spacial score (nSPS) is 11.1. The highest BCUT2D eigenvalue weighted by Crippen LogP contribution is 2.18. The minimum atomic E-state index is -3.67. The summed E-state index contributed by atoms with van der Waals surface area (Å²) in [6.07, 6.45) is 0. The third-order valence-corrected chi connectivity index (χ3v) is 6.00. The molecule has 0 radical (unpaired) electrons. The molecular formula is C23H24N2O3S. The van der Waals surface area contributed by atoms with Gasteiger partial charge in [0.2, 0.25) is 0 Å². The van der Waals surface area contributed by atoms with Gasteiger partial charge in [0.05, 0.1) is 4.90 Å². The van der Waals surface area contributed by atoms with Gasteiger partial charge < -0.3 is 4.90 Å². The van der Waals surface area contributed by atoms with Crippen molar-refractivity contribution in [3.8, 4) is 0 Å². The molecule has 0 aliphatic heterocycles. The van der Waals surface area contributed by atoms with Crippen molar-refractivity contribution in [1.29, 1.82) is 0 Å². The van der Waals surface area contributed by atoms with Crippen molar-refractivity contribution in [2.24, 2.45) is 0 Å². The van der Waals surface area contributed by atoms with Crippen LogP contribution in [0, 0.1) is 13.8 Å². The third-order valence-electron chi connectivity index (χ3n) is 4.60. The van der Waals surface area contributed by atoms with Crippen LogP contribution in [-0.4, -0.2) is 26.3 Å². The van der Waals surface area contributed by atoms with Crippen molar-refractivity contribution in [1.82, 2.24) is 4.90 Å². The lowest BCUT2D eigenvalue weighted by molar-refractivity contribution is 0.0785. The number of hydrogen-bond acceptors (Lipinski definition) is 3. The van der Waals surface area contributed by atoms with Crippen molar-refractivity contribution in [3.63, 3.8) is 0 Å². The number of benzene rings is 3. The summed E-state index contributed by atoms with van der Waals surface area (Å²) < 4.78 is 27.5. The fraction of sp³-hybridized carbons (Fsp3) is 0.174. The van der Waals surface area contributed by atoms with Crippen LogP contribution in [0.25, 0.3) is 0 Å². The summed E-state index contributed by atoms with van der Waals surface area (Å²) in [4.78, 5) is 14.5. The molecule has 29 heavy (non-hydrogen) atoms. The van der Waals surface area contributed by atoms with E-state index in [1.54, 1.807) is 60.5 Å². The molecule has 0 saturated heterocycles. The van der Waals surface area contributed by atoms with E-state index in [1.807, 2.05) is 38.1 Å². The van der Waals surface area contributed by atoms with E-state index in [2.05, 4.69) is 4.72 Å². The van der Waals surface area contributed by atoms with Crippen molar-refractivity contribution in [3.05, 3.63) is 95.1 Å². The summed E-state index contributed by atoms with van der Waals surface area (Å²) >= 11 is 0. The predicted octanol–water partition coefficient (Wildman–Crippen LogP) is 4.38. The molecule has 0 atom stereocenters. The SMILES string of the molecule is Cc1ccc(CN(C)C(=O)c2ccc(NS(=O)(=O)c3ccc(C)cc3)cc2)cc1. The van der Waals surface area contributed by atoms with Gasteiger partial charge in [-0.15, -0.1) is 0 Å². The minimum Gasteiger partial charge on any atom is -0.337 e. The van der Waals surface area contributed by atoms with Gasteiger partial charge in [0.15, 0.2) is 0 Å². The monoisotopic (exact) mass is 408 g/mol. The van der Waals surface area contributed by atoms with Crippen LogP contribution in [0.4, 0.5) is 5.69 Å². The van der Waals surface area contributed by atoms with Crippen molar-refractivity contribution >= 4 is 21.6 Å². The Balaban J connectivity index is 1.68. The number of anilines is 1. The first-order valence-electron chi connectivity index (χ1n) is 9.25. The van der Waals surface area contributed by atoms with Gasteiger partial charge in [-0.3, -0.25) is 9.52 Å². The first-order chi connectivity index (χ1) is 13.7. The second-order valence-corrected chi connectivity index (χ2v) is 8.83. The maximum Gasteiger partial charge on any atom is 0.261 e. The fourth-order valence-electron chi connectivity index (χ4n) is 2.87. The molecule has 0 spiro atoms. The number of aryl methyl sites for hydroxylation is 2. The number of carbonyl (C=O) groups is 1. The van der Waals surface area contributed by atoms with E-state index in [9.17, 15) is 13.2 Å². The predicted molar refractivity (Wildman–Crippen MR) is 115 cm³/mol. The Morgan fingerprint density at radius 3 is 1.90 bits per heavy atom. The van der Waals surface area contributed by atoms with Crippen LogP contribution in [-0.2, 0) is 16.6 Å². The Hall–Kier alpha value is -3.12. The van der Waals surface area contributed by atoms with Crippen LogP contribution in [0.1, 0.15) is 27.0 Å². The molecule has 150 valence electrons. The van der Waals surface area contributed by atoms with E-state index in [0.717, 1.165) is 11.1 Å². The molecule has 1 amide bonds.